The molecule has 3 aliphatic heterocycles. The molecule has 0 N–H and O–H groups in total. The van der Waals surface area contributed by atoms with Crippen LogP contribution in [-0.2, 0) is 4.74 Å². The zero-order valence-electron chi connectivity index (χ0n) is 7.42. The van der Waals surface area contributed by atoms with Crippen molar-refractivity contribution in [3.8, 4) is 0 Å². The topological polar surface area (TPSA) is 12.5 Å². The maximum atomic E-state index is 5.40. The Labute approximate surface area is 68.5 Å². The molecule has 0 aromatic heterocycles. The molecule has 3 fully saturated rings. The molecule has 0 unspecified atom stereocenters. The van der Waals surface area contributed by atoms with Crippen molar-refractivity contribution >= 4 is 0 Å². The Morgan fingerprint density at radius 1 is 1.36 bits per heavy atom. The molecular formula is C9H17NO. The van der Waals surface area contributed by atoms with E-state index in [9.17, 15) is 0 Å². The quantitative estimate of drug-likeness (QED) is 0.592. The molecule has 0 aromatic carbocycles. The molecule has 2 nitrogen and oxygen atoms in total. The van der Waals surface area contributed by atoms with Gasteiger partial charge in [-0.2, -0.15) is 0 Å². The highest BCUT2D eigenvalue weighted by Crippen LogP contribution is 2.31. The first-order valence-electron chi connectivity index (χ1n) is 4.61. The standard InChI is InChI=1S/C9H17NO/c1-7(2)4-10-8-3-9(10)6-11-5-8/h7-9H,3-6H2,1-2H3/t8-,9+. The Kier molecular flexibility index (Phi) is 1.90. The van der Waals surface area contributed by atoms with Crippen molar-refractivity contribution in [1.29, 1.82) is 0 Å². The zero-order valence-corrected chi connectivity index (χ0v) is 7.42. The Morgan fingerprint density at radius 2 is 2.00 bits per heavy atom. The van der Waals surface area contributed by atoms with Gasteiger partial charge in [-0.15, -0.1) is 0 Å². The monoisotopic (exact) mass is 155 g/mol. The van der Waals surface area contributed by atoms with E-state index in [4.69, 9.17) is 4.74 Å². The summed E-state index contributed by atoms with van der Waals surface area (Å²) < 4.78 is 5.40. The highest BCUT2D eigenvalue weighted by molar-refractivity contribution is 4.95. The van der Waals surface area contributed by atoms with Gasteiger partial charge < -0.3 is 4.74 Å². The van der Waals surface area contributed by atoms with Crippen molar-refractivity contribution in [1.82, 2.24) is 4.90 Å². The van der Waals surface area contributed by atoms with Crippen LogP contribution in [0.3, 0.4) is 0 Å². The van der Waals surface area contributed by atoms with Gasteiger partial charge in [-0.05, 0) is 12.3 Å². The van der Waals surface area contributed by atoms with Gasteiger partial charge in [0.2, 0.25) is 0 Å². The Balaban J connectivity index is 1.86. The van der Waals surface area contributed by atoms with E-state index >= 15 is 0 Å². The fourth-order valence-electron chi connectivity index (χ4n) is 2.13. The molecule has 0 spiro atoms. The molecule has 2 bridgehead atoms. The molecule has 0 aliphatic carbocycles. The van der Waals surface area contributed by atoms with E-state index in [1.54, 1.807) is 0 Å². The van der Waals surface area contributed by atoms with Crippen LogP contribution in [0, 0.1) is 5.92 Å². The summed E-state index contributed by atoms with van der Waals surface area (Å²) in [5.74, 6) is 0.804. The van der Waals surface area contributed by atoms with E-state index < -0.39 is 0 Å². The van der Waals surface area contributed by atoms with Crippen molar-refractivity contribution in [2.75, 3.05) is 19.8 Å². The smallest absolute Gasteiger partial charge is 0.0623 e. The van der Waals surface area contributed by atoms with Gasteiger partial charge in [0.15, 0.2) is 0 Å². The second-order valence-corrected chi connectivity index (χ2v) is 4.17. The number of rotatable bonds is 2. The van der Waals surface area contributed by atoms with Crippen LogP contribution in [0.4, 0.5) is 0 Å². The van der Waals surface area contributed by atoms with E-state index in [0.29, 0.717) is 0 Å². The van der Waals surface area contributed by atoms with Crippen LogP contribution < -0.4 is 0 Å². The van der Waals surface area contributed by atoms with Crippen LogP contribution in [0.2, 0.25) is 0 Å². The number of hydrogen-bond donors (Lipinski definition) is 0. The first-order chi connectivity index (χ1) is 5.27. The second-order valence-electron chi connectivity index (χ2n) is 4.17. The van der Waals surface area contributed by atoms with E-state index in [-0.39, 0.29) is 0 Å². The molecular weight excluding hydrogens is 138 g/mol. The number of hydrogen-bond acceptors (Lipinski definition) is 2. The second kappa shape index (κ2) is 2.76. The summed E-state index contributed by atoms with van der Waals surface area (Å²) in [4.78, 5) is 2.61. The fraction of sp³-hybridized carbons (Fsp3) is 1.00. The SMILES string of the molecule is CC(C)CN1[C@@H]2COC[C@H]1C2. The van der Waals surface area contributed by atoms with Crippen LogP contribution in [0.25, 0.3) is 0 Å². The van der Waals surface area contributed by atoms with E-state index in [1.165, 1.54) is 13.0 Å². The Bertz CT molecular complexity index is 132. The summed E-state index contributed by atoms with van der Waals surface area (Å²) in [6.45, 7) is 7.79. The van der Waals surface area contributed by atoms with Crippen LogP contribution in [0.5, 0.6) is 0 Å². The molecule has 2 atom stereocenters. The molecule has 11 heavy (non-hydrogen) atoms. The summed E-state index contributed by atoms with van der Waals surface area (Å²) in [7, 11) is 0. The van der Waals surface area contributed by atoms with Crippen molar-refractivity contribution in [3.63, 3.8) is 0 Å². The summed E-state index contributed by atoms with van der Waals surface area (Å²) in [6, 6.07) is 1.52. The fourth-order valence-corrected chi connectivity index (χ4v) is 2.13. The van der Waals surface area contributed by atoms with Crippen molar-refractivity contribution in [2.24, 2.45) is 5.92 Å². The molecule has 3 heterocycles. The molecule has 0 aromatic rings. The van der Waals surface area contributed by atoms with Gasteiger partial charge in [0.25, 0.3) is 0 Å². The number of fused-ring (bicyclic) bond motifs is 2. The van der Waals surface area contributed by atoms with E-state index in [1.807, 2.05) is 0 Å². The molecule has 64 valence electrons. The molecule has 0 radical (unpaired) electrons. The number of nitrogens with zero attached hydrogens (tertiary/aromatic N) is 1. The third-order valence-electron chi connectivity index (χ3n) is 2.68. The lowest BCUT2D eigenvalue weighted by Crippen LogP contribution is -2.64. The lowest BCUT2D eigenvalue weighted by molar-refractivity contribution is -0.130. The minimum atomic E-state index is 0.760. The predicted molar refractivity (Wildman–Crippen MR) is 44.6 cm³/mol. The average Bonchev–Trinajstić information content (AvgIpc) is 2.01. The van der Waals surface area contributed by atoms with Gasteiger partial charge >= 0.3 is 0 Å². The molecule has 0 amide bonds. The van der Waals surface area contributed by atoms with Crippen LogP contribution in [0.1, 0.15) is 20.3 Å². The minimum absolute atomic E-state index is 0.760. The van der Waals surface area contributed by atoms with E-state index in [2.05, 4.69) is 18.7 Å². The highest BCUT2D eigenvalue weighted by Gasteiger charge is 2.41. The molecule has 2 heteroatoms. The Hall–Kier alpha value is -0.0800. The van der Waals surface area contributed by atoms with Gasteiger partial charge in [0.05, 0.1) is 13.2 Å². The van der Waals surface area contributed by atoms with Crippen LogP contribution >= 0.6 is 0 Å². The van der Waals surface area contributed by atoms with Crippen molar-refractivity contribution < 1.29 is 4.74 Å². The van der Waals surface area contributed by atoms with Gasteiger partial charge in [0, 0.05) is 18.6 Å². The third kappa shape index (κ3) is 1.30. The molecule has 3 aliphatic rings. The van der Waals surface area contributed by atoms with Gasteiger partial charge in [-0.1, -0.05) is 13.8 Å². The maximum Gasteiger partial charge on any atom is 0.0623 e. The average molecular weight is 155 g/mol. The first-order valence-corrected chi connectivity index (χ1v) is 4.61. The van der Waals surface area contributed by atoms with Crippen molar-refractivity contribution in [2.45, 2.75) is 32.4 Å². The summed E-state index contributed by atoms with van der Waals surface area (Å²) >= 11 is 0. The zero-order chi connectivity index (χ0) is 7.84. The molecule has 3 rings (SSSR count). The first kappa shape index (κ1) is 7.56. The van der Waals surface area contributed by atoms with E-state index in [0.717, 1.165) is 31.2 Å². The lowest BCUT2D eigenvalue weighted by atomic mass is 9.90. The summed E-state index contributed by atoms with van der Waals surface area (Å²) in [5.41, 5.74) is 0. The maximum absolute atomic E-state index is 5.40. The minimum Gasteiger partial charge on any atom is -0.378 e. The largest absolute Gasteiger partial charge is 0.378 e. The normalized spacial score (nSPS) is 37.4. The van der Waals surface area contributed by atoms with Gasteiger partial charge in [0.1, 0.15) is 0 Å². The summed E-state index contributed by atoms with van der Waals surface area (Å²) in [5, 5.41) is 0. The predicted octanol–water partition coefficient (Wildman–Crippen LogP) is 1.12. The van der Waals surface area contributed by atoms with Crippen LogP contribution in [0.15, 0.2) is 0 Å². The Morgan fingerprint density at radius 3 is 2.45 bits per heavy atom. The van der Waals surface area contributed by atoms with Crippen LogP contribution in [-0.4, -0.2) is 36.7 Å². The summed E-state index contributed by atoms with van der Waals surface area (Å²) in [6.07, 6.45) is 1.38. The highest BCUT2D eigenvalue weighted by atomic mass is 16.5. The number of ether oxygens (including phenoxy) is 1. The lowest BCUT2D eigenvalue weighted by Gasteiger charge is -2.53. The third-order valence-corrected chi connectivity index (χ3v) is 2.68. The van der Waals surface area contributed by atoms with Crippen molar-refractivity contribution in [3.05, 3.63) is 0 Å². The number of morpholine rings is 1. The molecule has 3 saturated heterocycles. The van der Waals surface area contributed by atoms with Gasteiger partial charge in [-0.25, -0.2) is 0 Å². The van der Waals surface area contributed by atoms with Gasteiger partial charge in [-0.3, -0.25) is 4.90 Å². The molecule has 0 saturated carbocycles.